The second-order valence-corrected chi connectivity index (χ2v) is 3.58. The van der Waals surface area contributed by atoms with E-state index < -0.39 is 0 Å². The molecule has 0 spiro atoms. The Labute approximate surface area is 85.3 Å². The van der Waals surface area contributed by atoms with Crippen molar-refractivity contribution in [1.29, 1.82) is 0 Å². The summed E-state index contributed by atoms with van der Waals surface area (Å²) >= 11 is 0. The summed E-state index contributed by atoms with van der Waals surface area (Å²) in [6, 6.07) is 7.30. The number of hydrogen-bond donors (Lipinski definition) is 2. The molecule has 0 saturated heterocycles. The number of nitrogens with one attached hydrogen (secondary N) is 1. The van der Waals surface area contributed by atoms with E-state index in [9.17, 15) is 5.11 Å². The molecule has 0 aromatic heterocycles. The van der Waals surface area contributed by atoms with Crippen LogP contribution >= 0.6 is 0 Å². The molecule has 0 bridgehead atoms. The summed E-state index contributed by atoms with van der Waals surface area (Å²) in [4.78, 5) is 0. The average molecular weight is 191 g/mol. The predicted molar refractivity (Wildman–Crippen MR) is 59.2 cm³/mol. The molecule has 0 aliphatic rings. The first-order valence-electron chi connectivity index (χ1n) is 4.80. The highest BCUT2D eigenvalue weighted by molar-refractivity contribution is 5.26. The molecule has 0 fully saturated rings. The zero-order chi connectivity index (χ0) is 10.4. The molecule has 0 heterocycles. The van der Waals surface area contributed by atoms with E-state index in [0.29, 0.717) is 5.75 Å². The summed E-state index contributed by atoms with van der Waals surface area (Å²) < 4.78 is 0. The van der Waals surface area contributed by atoms with Gasteiger partial charge in [-0.1, -0.05) is 23.8 Å². The van der Waals surface area contributed by atoms with Crippen molar-refractivity contribution in [2.75, 3.05) is 6.54 Å². The molecule has 14 heavy (non-hydrogen) atoms. The largest absolute Gasteiger partial charge is 0.508 e. The maximum Gasteiger partial charge on any atom is 0.115 e. The highest BCUT2D eigenvalue weighted by Gasteiger charge is 1.92. The van der Waals surface area contributed by atoms with Crippen LogP contribution in [0.1, 0.15) is 19.4 Å². The number of allylic oxidation sites excluding steroid dienone is 1. The zero-order valence-electron chi connectivity index (χ0n) is 8.75. The zero-order valence-corrected chi connectivity index (χ0v) is 8.75. The molecule has 2 N–H and O–H groups in total. The number of phenols is 1. The molecule has 0 unspecified atom stereocenters. The minimum atomic E-state index is 0.325. The standard InChI is InChI=1S/C12H17NO/c1-10(2)6-7-13-9-11-4-3-5-12(14)8-11/h3-6,8,13-14H,7,9H2,1-2H3. The molecular formula is C12H17NO. The van der Waals surface area contributed by atoms with Crippen LogP contribution in [-0.4, -0.2) is 11.7 Å². The van der Waals surface area contributed by atoms with Crippen LogP contribution in [0.2, 0.25) is 0 Å². The summed E-state index contributed by atoms with van der Waals surface area (Å²) in [5, 5.41) is 12.5. The third-order valence-electron chi connectivity index (χ3n) is 1.89. The van der Waals surface area contributed by atoms with Crippen LogP contribution in [0.25, 0.3) is 0 Å². The number of aromatic hydroxyl groups is 1. The van der Waals surface area contributed by atoms with Gasteiger partial charge in [0.2, 0.25) is 0 Å². The van der Waals surface area contributed by atoms with Gasteiger partial charge in [0.1, 0.15) is 5.75 Å². The fourth-order valence-electron chi connectivity index (χ4n) is 1.16. The van der Waals surface area contributed by atoms with Crippen LogP contribution < -0.4 is 5.32 Å². The van der Waals surface area contributed by atoms with Crippen LogP contribution in [0.3, 0.4) is 0 Å². The normalized spacial score (nSPS) is 9.86. The number of rotatable bonds is 4. The Balaban J connectivity index is 2.35. The molecule has 1 aromatic carbocycles. The van der Waals surface area contributed by atoms with E-state index >= 15 is 0 Å². The fourth-order valence-corrected chi connectivity index (χ4v) is 1.16. The van der Waals surface area contributed by atoms with Crippen molar-refractivity contribution in [2.24, 2.45) is 0 Å². The van der Waals surface area contributed by atoms with Crippen LogP contribution in [0, 0.1) is 0 Å². The second-order valence-electron chi connectivity index (χ2n) is 3.58. The monoisotopic (exact) mass is 191 g/mol. The molecule has 1 aromatic rings. The first kappa shape index (κ1) is 10.8. The first-order chi connectivity index (χ1) is 6.68. The molecule has 2 nitrogen and oxygen atoms in total. The second kappa shape index (κ2) is 5.45. The van der Waals surface area contributed by atoms with Gasteiger partial charge in [-0.3, -0.25) is 0 Å². The molecule has 0 atom stereocenters. The Kier molecular flexibility index (Phi) is 4.20. The summed E-state index contributed by atoms with van der Waals surface area (Å²) in [6.45, 7) is 5.82. The number of phenolic OH excluding ortho intramolecular Hbond substituents is 1. The van der Waals surface area contributed by atoms with E-state index in [1.165, 1.54) is 5.57 Å². The Hall–Kier alpha value is -1.28. The maximum atomic E-state index is 9.22. The van der Waals surface area contributed by atoms with E-state index in [-0.39, 0.29) is 0 Å². The molecule has 0 radical (unpaired) electrons. The van der Waals surface area contributed by atoms with Gasteiger partial charge in [-0.25, -0.2) is 0 Å². The lowest BCUT2D eigenvalue weighted by Crippen LogP contribution is -2.12. The Morgan fingerprint density at radius 1 is 1.43 bits per heavy atom. The van der Waals surface area contributed by atoms with Crippen molar-refractivity contribution >= 4 is 0 Å². The van der Waals surface area contributed by atoms with E-state index in [2.05, 4.69) is 25.2 Å². The third kappa shape index (κ3) is 4.10. The van der Waals surface area contributed by atoms with Crippen LogP contribution in [0.15, 0.2) is 35.9 Å². The van der Waals surface area contributed by atoms with Gasteiger partial charge >= 0.3 is 0 Å². The molecule has 0 saturated carbocycles. The van der Waals surface area contributed by atoms with Gasteiger partial charge in [-0.15, -0.1) is 0 Å². The topological polar surface area (TPSA) is 32.3 Å². The fraction of sp³-hybridized carbons (Fsp3) is 0.333. The molecule has 0 amide bonds. The molecule has 2 heteroatoms. The van der Waals surface area contributed by atoms with Gasteiger partial charge in [0, 0.05) is 13.1 Å². The van der Waals surface area contributed by atoms with Crippen LogP contribution in [0.4, 0.5) is 0 Å². The highest BCUT2D eigenvalue weighted by Crippen LogP contribution is 2.10. The van der Waals surface area contributed by atoms with Crippen molar-refractivity contribution in [2.45, 2.75) is 20.4 Å². The molecule has 0 aliphatic carbocycles. The summed E-state index contributed by atoms with van der Waals surface area (Å²) in [7, 11) is 0. The summed E-state index contributed by atoms with van der Waals surface area (Å²) in [6.07, 6.45) is 2.14. The van der Waals surface area contributed by atoms with Gasteiger partial charge < -0.3 is 10.4 Å². The van der Waals surface area contributed by atoms with Gasteiger partial charge in [-0.2, -0.15) is 0 Å². The van der Waals surface area contributed by atoms with Crippen molar-refractivity contribution in [1.82, 2.24) is 5.32 Å². The average Bonchev–Trinajstić information content (AvgIpc) is 2.12. The SMILES string of the molecule is CC(C)=CCNCc1cccc(O)c1. The molecule has 0 aliphatic heterocycles. The molecule has 1 rings (SSSR count). The summed E-state index contributed by atoms with van der Waals surface area (Å²) in [5.74, 6) is 0.325. The maximum absolute atomic E-state index is 9.22. The highest BCUT2D eigenvalue weighted by atomic mass is 16.3. The van der Waals surface area contributed by atoms with Gasteiger partial charge in [0.25, 0.3) is 0 Å². The van der Waals surface area contributed by atoms with Gasteiger partial charge in [0.15, 0.2) is 0 Å². The lowest BCUT2D eigenvalue weighted by atomic mass is 10.2. The van der Waals surface area contributed by atoms with Crippen LogP contribution in [-0.2, 0) is 6.54 Å². The van der Waals surface area contributed by atoms with E-state index in [4.69, 9.17) is 0 Å². The predicted octanol–water partition coefficient (Wildman–Crippen LogP) is 2.45. The molecule has 76 valence electrons. The van der Waals surface area contributed by atoms with E-state index in [1.54, 1.807) is 12.1 Å². The quantitative estimate of drug-likeness (QED) is 0.566. The minimum Gasteiger partial charge on any atom is -0.508 e. The Bertz CT molecular complexity index is 314. The van der Waals surface area contributed by atoms with E-state index in [1.807, 2.05) is 12.1 Å². The molecular weight excluding hydrogens is 174 g/mol. The Morgan fingerprint density at radius 3 is 2.86 bits per heavy atom. The van der Waals surface area contributed by atoms with Crippen molar-refractivity contribution in [3.05, 3.63) is 41.5 Å². The minimum absolute atomic E-state index is 0.325. The Morgan fingerprint density at radius 2 is 2.21 bits per heavy atom. The lowest BCUT2D eigenvalue weighted by Gasteiger charge is -2.02. The van der Waals surface area contributed by atoms with Gasteiger partial charge in [-0.05, 0) is 31.5 Å². The lowest BCUT2D eigenvalue weighted by molar-refractivity contribution is 0.474. The smallest absolute Gasteiger partial charge is 0.115 e. The van der Waals surface area contributed by atoms with Crippen LogP contribution in [0.5, 0.6) is 5.75 Å². The number of hydrogen-bond acceptors (Lipinski definition) is 2. The van der Waals surface area contributed by atoms with Crippen molar-refractivity contribution in [3.8, 4) is 5.75 Å². The van der Waals surface area contributed by atoms with E-state index in [0.717, 1.165) is 18.7 Å². The first-order valence-corrected chi connectivity index (χ1v) is 4.80. The van der Waals surface area contributed by atoms with Crippen molar-refractivity contribution < 1.29 is 5.11 Å². The summed E-state index contributed by atoms with van der Waals surface area (Å²) in [5.41, 5.74) is 2.42. The third-order valence-corrected chi connectivity index (χ3v) is 1.89. The van der Waals surface area contributed by atoms with Gasteiger partial charge in [0.05, 0.1) is 0 Å². The van der Waals surface area contributed by atoms with Crippen molar-refractivity contribution in [3.63, 3.8) is 0 Å². The number of benzene rings is 1.